The Hall–Kier alpha value is -2.62. The molecule has 0 aliphatic rings. The highest BCUT2D eigenvalue weighted by Crippen LogP contribution is 2.13. The van der Waals surface area contributed by atoms with Gasteiger partial charge in [-0.25, -0.2) is 0 Å². The van der Waals surface area contributed by atoms with Crippen LogP contribution < -0.4 is 5.32 Å². The van der Waals surface area contributed by atoms with Gasteiger partial charge < -0.3 is 10.2 Å². The lowest BCUT2D eigenvalue weighted by atomic mass is 10.1. The minimum absolute atomic E-state index is 0.00498. The highest BCUT2D eigenvalue weighted by molar-refractivity contribution is 5.91. The summed E-state index contributed by atoms with van der Waals surface area (Å²) in [6.45, 7) is 4.55. The van der Waals surface area contributed by atoms with Gasteiger partial charge >= 0.3 is 0 Å². The molecular weight excluding hydrogens is 300 g/mol. The maximum absolute atomic E-state index is 12.1. The van der Waals surface area contributed by atoms with E-state index < -0.39 is 0 Å². The molecule has 0 aromatic heterocycles. The van der Waals surface area contributed by atoms with E-state index in [0.29, 0.717) is 19.5 Å². The number of nitrogens with one attached hydrogen (secondary N) is 1. The van der Waals surface area contributed by atoms with Gasteiger partial charge in [0.2, 0.25) is 11.8 Å². The monoisotopic (exact) mass is 324 g/mol. The lowest BCUT2D eigenvalue weighted by molar-refractivity contribution is -0.129. The van der Waals surface area contributed by atoms with Crippen molar-refractivity contribution in [3.8, 4) is 0 Å². The van der Waals surface area contributed by atoms with Crippen LogP contribution in [0.5, 0.6) is 0 Å². The van der Waals surface area contributed by atoms with Crippen molar-refractivity contribution < 1.29 is 9.59 Å². The van der Waals surface area contributed by atoms with Gasteiger partial charge in [0.05, 0.1) is 0 Å². The van der Waals surface area contributed by atoms with Crippen molar-refractivity contribution in [3.05, 3.63) is 65.7 Å². The quantitative estimate of drug-likeness (QED) is 0.848. The van der Waals surface area contributed by atoms with Gasteiger partial charge in [-0.05, 0) is 30.5 Å². The Bertz CT molecular complexity index is 683. The zero-order valence-electron chi connectivity index (χ0n) is 14.3. The van der Waals surface area contributed by atoms with E-state index in [9.17, 15) is 9.59 Å². The van der Waals surface area contributed by atoms with Crippen molar-refractivity contribution in [2.75, 3.05) is 18.4 Å². The summed E-state index contributed by atoms with van der Waals surface area (Å²) in [6.07, 6.45) is 1.09. The molecule has 0 heterocycles. The van der Waals surface area contributed by atoms with Crippen molar-refractivity contribution >= 4 is 17.5 Å². The lowest BCUT2D eigenvalue weighted by Crippen LogP contribution is -2.33. The largest absolute Gasteiger partial charge is 0.342 e. The number of hydrogen-bond donors (Lipinski definition) is 1. The van der Waals surface area contributed by atoms with Gasteiger partial charge in [-0.3, -0.25) is 9.59 Å². The summed E-state index contributed by atoms with van der Waals surface area (Å²) in [6, 6.07) is 17.7. The lowest BCUT2D eigenvalue weighted by Gasteiger charge is -2.21. The average molecular weight is 324 g/mol. The minimum Gasteiger partial charge on any atom is -0.342 e. The molecule has 0 aliphatic heterocycles. The summed E-state index contributed by atoms with van der Waals surface area (Å²) in [4.78, 5) is 25.6. The molecule has 2 rings (SSSR count). The number of carbonyl (C=O) groups excluding carboxylic acids is 2. The molecule has 1 N–H and O–H groups in total. The smallest absolute Gasteiger partial charge is 0.226 e. The molecule has 24 heavy (non-hydrogen) atoms. The molecule has 2 aromatic rings. The molecule has 4 nitrogen and oxygen atoms in total. The molecule has 0 radical (unpaired) electrons. The number of rotatable bonds is 7. The Morgan fingerprint density at radius 1 is 0.958 bits per heavy atom. The van der Waals surface area contributed by atoms with Crippen LogP contribution in [0.2, 0.25) is 0 Å². The SMILES string of the molecule is CC(=O)N(CCC(=O)Nc1ccccc1C)CCc1ccccc1. The van der Waals surface area contributed by atoms with Crippen LogP contribution >= 0.6 is 0 Å². The predicted octanol–water partition coefficient (Wildman–Crippen LogP) is 3.41. The molecule has 126 valence electrons. The highest BCUT2D eigenvalue weighted by atomic mass is 16.2. The number of aryl methyl sites for hydroxylation is 1. The van der Waals surface area contributed by atoms with E-state index in [-0.39, 0.29) is 11.8 Å². The molecule has 4 heteroatoms. The number of nitrogens with zero attached hydrogens (tertiary/aromatic N) is 1. The van der Waals surface area contributed by atoms with Crippen LogP contribution in [0.1, 0.15) is 24.5 Å². The van der Waals surface area contributed by atoms with Crippen molar-refractivity contribution in [1.29, 1.82) is 0 Å². The van der Waals surface area contributed by atoms with Crippen LogP contribution in [0.15, 0.2) is 54.6 Å². The van der Waals surface area contributed by atoms with E-state index in [4.69, 9.17) is 0 Å². The first-order chi connectivity index (χ1) is 11.6. The summed E-state index contributed by atoms with van der Waals surface area (Å²) in [5, 5.41) is 2.90. The summed E-state index contributed by atoms with van der Waals surface area (Å²) >= 11 is 0. The second-order valence-corrected chi connectivity index (χ2v) is 5.85. The zero-order valence-corrected chi connectivity index (χ0v) is 14.3. The molecule has 0 unspecified atom stereocenters. The zero-order chi connectivity index (χ0) is 17.4. The molecule has 0 saturated heterocycles. The summed E-state index contributed by atoms with van der Waals surface area (Å²) in [5.74, 6) is -0.0788. The van der Waals surface area contributed by atoms with Crippen molar-refractivity contribution in [2.24, 2.45) is 0 Å². The topological polar surface area (TPSA) is 49.4 Å². The standard InChI is InChI=1S/C20H24N2O2/c1-16-8-6-7-11-19(16)21-20(24)13-15-22(17(2)23)14-12-18-9-4-3-5-10-18/h3-11H,12-15H2,1-2H3,(H,21,24). The number of amides is 2. The fourth-order valence-corrected chi connectivity index (χ4v) is 2.50. The second kappa shape index (κ2) is 8.87. The van der Waals surface area contributed by atoms with E-state index in [1.165, 1.54) is 5.56 Å². The third-order valence-corrected chi connectivity index (χ3v) is 3.99. The Morgan fingerprint density at radius 3 is 2.29 bits per heavy atom. The molecule has 0 fully saturated rings. The van der Waals surface area contributed by atoms with Crippen LogP contribution in [0, 0.1) is 6.92 Å². The van der Waals surface area contributed by atoms with Crippen LogP contribution in [0.3, 0.4) is 0 Å². The van der Waals surface area contributed by atoms with E-state index in [0.717, 1.165) is 17.7 Å². The van der Waals surface area contributed by atoms with Crippen LogP contribution in [0.4, 0.5) is 5.69 Å². The van der Waals surface area contributed by atoms with Gasteiger partial charge in [0, 0.05) is 32.1 Å². The van der Waals surface area contributed by atoms with Crippen molar-refractivity contribution in [2.45, 2.75) is 26.7 Å². The molecule has 0 aliphatic carbocycles. The Morgan fingerprint density at radius 2 is 1.62 bits per heavy atom. The molecule has 2 aromatic carbocycles. The van der Waals surface area contributed by atoms with Gasteiger partial charge in [-0.2, -0.15) is 0 Å². The number of para-hydroxylation sites is 1. The van der Waals surface area contributed by atoms with E-state index in [1.54, 1.807) is 11.8 Å². The number of anilines is 1. The number of hydrogen-bond acceptors (Lipinski definition) is 2. The first kappa shape index (κ1) is 17.7. The maximum Gasteiger partial charge on any atom is 0.226 e. The third kappa shape index (κ3) is 5.54. The minimum atomic E-state index is -0.0738. The first-order valence-electron chi connectivity index (χ1n) is 8.21. The van der Waals surface area contributed by atoms with Gasteiger partial charge in [0.25, 0.3) is 0 Å². The van der Waals surface area contributed by atoms with E-state index in [1.807, 2.05) is 61.5 Å². The molecule has 2 amide bonds. The predicted molar refractivity (Wildman–Crippen MR) is 96.8 cm³/mol. The summed E-state index contributed by atoms with van der Waals surface area (Å²) < 4.78 is 0. The molecular formula is C20H24N2O2. The van der Waals surface area contributed by atoms with E-state index in [2.05, 4.69) is 5.32 Å². The van der Waals surface area contributed by atoms with Crippen LogP contribution in [0.25, 0.3) is 0 Å². The third-order valence-electron chi connectivity index (χ3n) is 3.99. The molecule has 0 saturated carbocycles. The normalized spacial score (nSPS) is 10.2. The van der Waals surface area contributed by atoms with Gasteiger partial charge in [0.15, 0.2) is 0 Å². The fraction of sp³-hybridized carbons (Fsp3) is 0.300. The van der Waals surface area contributed by atoms with E-state index >= 15 is 0 Å². The second-order valence-electron chi connectivity index (χ2n) is 5.85. The van der Waals surface area contributed by atoms with Crippen molar-refractivity contribution in [3.63, 3.8) is 0 Å². The summed E-state index contributed by atoms with van der Waals surface area (Å²) in [5.41, 5.74) is 3.03. The van der Waals surface area contributed by atoms with Gasteiger partial charge in [-0.15, -0.1) is 0 Å². The highest BCUT2D eigenvalue weighted by Gasteiger charge is 2.12. The van der Waals surface area contributed by atoms with Gasteiger partial charge in [0.1, 0.15) is 0 Å². The number of benzene rings is 2. The fourth-order valence-electron chi connectivity index (χ4n) is 2.50. The Kier molecular flexibility index (Phi) is 6.55. The molecule has 0 bridgehead atoms. The van der Waals surface area contributed by atoms with Crippen molar-refractivity contribution in [1.82, 2.24) is 4.90 Å². The molecule has 0 spiro atoms. The summed E-state index contributed by atoms with van der Waals surface area (Å²) in [7, 11) is 0. The van der Waals surface area contributed by atoms with Crippen LogP contribution in [-0.2, 0) is 16.0 Å². The average Bonchev–Trinajstić information content (AvgIpc) is 2.57. The Balaban J connectivity index is 1.83. The Labute approximate surface area is 143 Å². The first-order valence-corrected chi connectivity index (χ1v) is 8.21. The van der Waals surface area contributed by atoms with Crippen LogP contribution in [-0.4, -0.2) is 29.8 Å². The molecule has 0 atom stereocenters. The number of carbonyl (C=O) groups is 2. The maximum atomic E-state index is 12.1. The van der Waals surface area contributed by atoms with Gasteiger partial charge in [-0.1, -0.05) is 48.5 Å².